The molecule has 0 saturated carbocycles. The first kappa shape index (κ1) is 23.4. The zero-order chi connectivity index (χ0) is 21.2. The van der Waals surface area contributed by atoms with Crippen LogP contribution in [-0.2, 0) is 19.2 Å². The van der Waals surface area contributed by atoms with Crippen LogP contribution in [0.15, 0.2) is 0 Å². The van der Waals surface area contributed by atoms with Gasteiger partial charge >= 0.3 is 0 Å². The molecule has 2 heterocycles. The van der Waals surface area contributed by atoms with Crippen molar-refractivity contribution in [1.29, 1.82) is 0 Å². The van der Waals surface area contributed by atoms with Crippen LogP contribution in [0.1, 0.15) is 78.1 Å². The van der Waals surface area contributed by atoms with Gasteiger partial charge < -0.3 is 10.2 Å². The fourth-order valence-electron chi connectivity index (χ4n) is 4.03. The normalized spacial score (nSPS) is 21.9. The Hall–Kier alpha value is -1.92. The fraction of sp³-hybridized carbons (Fsp3) is 0.818. The number of hydrogen-bond acceptors (Lipinski definition) is 4. The molecule has 7 heteroatoms. The van der Waals surface area contributed by atoms with Gasteiger partial charge in [0.2, 0.25) is 23.6 Å². The molecule has 0 spiro atoms. The molecule has 2 atom stereocenters. The second-order valence-electron chi connectivity index (χ2n) is 8.69. The summed E-state index contributed by atoms with van der Waals surface area (Å²) in [5, 5.41) is 2.93. The highest BCUT2D eigenvalue weighted by Gasteiger charge is 2.34. The number of unbranched alkanes of at least 4 members (excludes halogenated alkanes) is 4. The molecular formula is C22H37N3O4. The number of carbonyl (C=O) groups excluding carboxylic acids is 4. The third-order valence-corrected chi connectivity index (χ3v) is 5.92. The van der Waals surface area contributed by atoms with Gasteiger partial charge in [-0.1, -0.05) is 26.7 Å². The molecule has 2 aliphatic heterocycles. The molecule has 0 bridgehead atoms. The molecule has 2 saturated heterocycles. The Bertz CT molecular complexity index is 593. The molecule has 4 amide bonds. The number of rotatable bonds is 12. The zero-order valence-corrected chi connectivity index (χ0v) is 18.1. The average Bonchev–Trinajstić information content (AvgIpc) is 3.22. The molecule has 29 heavy (non-hydrogen) atoms. The van der Waals surface area contributed by atoms with E-state index in [2.05, 4.69) is 12.2 Å². The van der Waals surface area contributed by atoms with Crippen molar-refractivity contribution >= 4 is 23.6 Å². The van der Waals surface area contributed by atoms with Gasteiger partial charge in [0, 0.05) is 51.4 Å². The first-order valence-electron chi connectivity index (χ1n) is 11.3. The third kappa shape index (κ3) is 7.78. The number of likely N-dealkylation sites (tertiary alicyclic amines) is 2. The largest absolute Gasteiger partial charge is 0.356 e. The zero-order valence-electron chi connectivity index (χ0n) is 18.1. The second kappa shape index (κ2) is 11.9. The highest BCUT2D eigenvalue weighted by Crippen LogP contribution is 2.19. The van der Waals surface area contributed by atoms with Gasteiger partial charge in [0.05, 0.1) is 0 Å². The minimum atomic E-state index is -0.185. The molecule has 1 unspecified atom stereocenters. The summed E-state index contributed by atoms with van der Waals surface area (Å²) >= 11 is 0. The predicted molar refractivity (Wildman–Crippen MR) is 111 cm³/mol. The smallest absolute Gasteiger partial charge is 0.232 e. The maximum absolute atomic E-state index is 12.1. The minimum Gasteiger partial charge on any atom is -0.356 e. The molecule has 0 aliphatic carbocycles. The van der Waals surface area contributed by atoms with Crippen molar-refractivity contribution in [2.75, 3.05) is 26.2 Å². The van der Waals surface area contributed by atoms with Gasteiger partial charge in [0.25, 0.3) is 0 Å². The molecule has 0 aromatic rings. The second-order valence-corrected chi connectivity index (χ2v) is 8.69. The summed E-state index contributed by atoms with van der Waals surface area (Å²) in [4.78, 5) is 50.8. The van der Waals surface area contributed by atoms with Crippen LogP contribution in [0, 0.1) is 11.8 Å². The maximum atomic E-state index is 12.1. The van der Waals surface area contributed by atoms with Crippen LogP contribution in [0.5, 0.6) is 0 Å². The van der Waals surface area contributed by atoms with Crippen molar-refractivity contribution in [2.24, 2.45) is 11.8 Å². The summed E-state index contributed by atoms with van der Waals surface area (Å²) in [6.45, 7) is 6.90. The predicted octanol–water partition coefficient (Wildman–Crippen LogP) is 2.49. The van der Waals surface area contributed by atoms with Gasteiger partial charge in [-0.2, -0.15) is 0 Å². The molecule has 2 aliphatic rings. The van der Waals surface area contributed by atoms with Crippen molar-refractivity contribution in [1.82, 2.24) is 15.1 Å². The molecule has 7 nitrogen and oxygen atoms in total. The van der Waals surface area contributed by atoms with Crippen molar-refractivity contribution in [3.05, 3.63) is 0 Å². The van der Waals surface area contributed by atoms with E-state index in [1.165, 1.54) is 4.90 Å². The van der Waals surface area contributed by atoms with Gasteiger partial charge in [0.1, 0.15) is 0 Å². The van der Waals surface area contributed by atoms with Crippen molar-refractivity contribution < 1.29 is 19.2 Å². The molecule has 1 N–H and O–H groups in total. The topological polar surface area (TPSA) is 86.8 Å². The summed E-state index contributed by atoms with van der Waals surface area (Å²) in [5.41, 5.74) is 0. The summed E-state index contributed by atoms with van der Waals surface area (Å²) < 4.78 is 0. The van der Waals surface area contributed by atoms with Gasteiger partial charge in [-0.15, -0.1) is 0 Å². The van der Waals surface area contributed by atoms with E-state index in [9.17, 15) is 19.2 Å². The SMILES string of the molecule is CC1CC(=O)N(CCCCCC(=O)NCCCCCC(=O)N2CC[C@@H](C)C2)C1=O. The lowest BCUT2D eigenvalue weighted by atomic mass is 10.1. The highest BCUT2D eigenvalue weighted by molar-refractivity contribution is 6.03. The Morgan fingerprint density at radius 3 is 2.38 bits per heavy atom. The van der Waals surface area contributed by atoms with Crippen LogP contribution in [0.25, 0.3) is 0 Å². The quantitative estimate of drug-likeness (QED) is 0.398. The molecule has 0 aromatic heterocycles. The lowest BCUT2D eigenvalue weighted by Gasteiger charge is -2.15. The summed E-state index contributed by atoms with van der Waals surface area (Å²) in [6, 6.07) is 0. The standard InChI is InChI=1S/C22H37N3O4/c1-17-11-14-24(16-17)20(27)10-6-3-7-12-23-19(26)9-5-4-8-13-25-21(28)15-18(2)22(25)29/h17-18H,3-16H2,1-2H3,(H,23,26)/t17-,18?/m1/s1. The van der Waals surface area contributed by atoms with E-state index >= 15 is 0 Å². The van der Waals surface area contributed by atoms with Crippen molar-refractivity contribution in [3.8, 4) is 0 Å². The van der Waals surface area contributed by atoms with Crippen LogP contribution >= 0.6 is 0 Å². The molecule has 164 valence electrons. The molecular weight excluding hydrogens is 370 g/mol. The Labute approximate surface area is 174 Å². The Morgan fingerprint density at radius 1 is 1.00 bits per heavy atom. The number of nitrogens with zero attached hydrogens (tertiary/aromatic N) is 2. The number of nitrogens with one attached hydrogen (secondary N) is 1. The van der Waals surface area contributed by atoms with Crippen LogP contribution in [0.4, 0.5) is 0 Å². The van der Waals surface area contributed by atoms with E-state index < -0.39 is 0 Å². The van der Waals surface area contributed by atoms with Crippen LogP contribution in [0.3, 0.4) is 0 Å². The number of imide groups is 1. The Kier molecular flexibility index (Phi) is 9.61. The van der Waals surface area contributed by atoms with E-state index in [4.69, 9.17) is 0 Å². The van der Waals surface area contributed by atoms with Crippen LogP contribution < -0.4 is 5.32 Å². The summed E-state index contributed by atoms with van der Waals surface area (Å²) in [7, 11) is 0. The molecule has 0 radical (unpaired) electrons. The number of carbonyl (C=O) groups is 4. The first-order valence-corrected chi connectivity index (χ1v) is 11.3. The summed E-state index contributed by atoms with van der Waals surface area (Å²) in [5.74, 6) is 0.624. The number of amides is 4. The maximum Gasteiger partial charge on any atom is 0.232 e. The Morgan fingerprint density at radius 2 is 1.72 bits per heavy atom. The van der Waals surface area contributed by atoms with E-state index in [0.29, 0.717) is 38.3 Å². The van der Waals surface area contributed by atoms with Crippen molar-refractivity contribution in [2.45, 2.75) is 78.1 Å². The monoisotopic (exact) mass is 407 g/mol. The Balaban J connectivity index is 1.41. The molecule has 2 fully saturated rings. The first-order chi connectivity index (χ1) is 13.9. The summed E-state index contributed by atoms with van der Waals surface area (Å²) in [6.07, 6.45) is 7.60. The number of hydrogen-bond donors (Lipinski definition) is 1. The van der Waals surface area contributed by atoms with Gasteiger partial charge in [0.15, 0.2) is 0 Å². The van der Waals surface area contributed by atoms with E-state index in [0.717, 1.165) is 58.0 Å². The van der Waals surface area contributed by atoms with Crippen molar-refractivity contribution in [3.63, 3.8) is 0 Å². The van der Waals surface area contributed by atoms with E-state index in [1.807, 2.05) is 4.90 Å². The lowest BCUT2D eigenvalue weighted by Crippen LogP contribution is -2.31. The van der Waals surface area contributed by atoms with Crippen LogP contribution in [-0.4, -0.2) is 59.6 Å². The van der Waals surface area contributed by atoms with Gasteiger partial charge in [-0.25, -0.2) is 0 Å². The minimum absolute atomic E-state index is 0.0501. The fourth-order valence-corrected chi connectivity index (χ4v) is 4.03. The van der Waals surface area contributed by atoms with Crippen LogP contribution in [0.2, 0.25) is 0 Å². The molecule has 0 aromatic carbocycles. The highest BCUT2D eigenvalue weighted by atomic mass is 16.2. The lowest BCUT2D eigenvalue weighted by molar-refractivity contribution is -0.139. The van der Waals surface area contributed by atoms with Gasteiger partial charge in [-0.3, -0.25) is 24.1 Å². The van der Waals surface area contributed by atoms with Gasteiger partial charge in [-0.05, 0) is 38.0 Å². The van der Waals surface area contributed by atoms with E-state index in [-0.39, 0.29) is 29.5 Å². The average molecular weight is 408 g/mol. The van der Waals surface area contributed by atoms with E-state index in [1.54, 1.807) is 6.92 Å². The molecule has 2 rings (SSSR count). The third-order valence-electron chi connectivity index (χ3n) is 5.92.